The van der Waals surface area contributed by atoms with Gasteiger partial charge < -0.3 is 9.88 Å². The molecule has 1 heterocycles. The van der Waals surface area contributed by atoms with Crippen LogP contribution >= 0.6 is 0 Å². The van der Waals surface area contributed by atoms with E-state index in [4.69, 9.17) is 0 Å². The van der Waals surface area contributed by atoms with Gasteiger partial charge in [-0.3, -0.25) is 0 Å². The summed E-state index contributed by atoms with van der Waals surface area (Å²) in [5.41, 5.74) is 1.15. The van der Waals surface area contributed by atoms with Crippen molar-refractivity contribution in [2.24, 2.45) is 5.92 Å². The highest BCUT2D eigenvalue weighted by Crippen LogP contribution is 2.15. The third-order valence-corrected chi connectivity index (χ3v) is 3.26. The predicted molar refractivity (Wildman–Crippen MR) is 72.9 cm³/mol. The quantitative estimate of drug-likeness (QED) is 0.714. The second-order valence-electron chi connectivity index (χ2n) is 4.76. The molecule has 0 radical (unpaired) electrons. The van der Waals surface area contributed by atoms with Gasteiger partial charge in [0.15, 0.2) is 0 Å². The molecule has 0 aliphatic heterocycles. The molecule has 1 aromatic heterocycles. The second kappa shape index (κ2) is 8.29. The zero-order valence-electron chi connectivity index (χ0n) is 11.6. The number of aromatic nitrogens is 2. The van der Waals surface area contributed by atoms with Crippen LogP contribution in [0.2, 0.25) is 0 Å². The van der Waals surface area contributed by atoms with Crippen LogP contribution < -0.4 is 5.32 Å². The number of unbranched alkanes of at least 4 members (excludes halogenated alkanes) is 1. The SMILES string of the molecule is CCCCC(CC)Cn1cnc(CNCC)c1. The molecule has 0 fully saturated rings. The van der Waals surface area contributed by atoms with Gasteiger partial charge in [-0.25, -0.2) is 4.98 Å². The van der Waals surface area contributed by atoms with Crippen LogP contribution in [-0.2, 0) is 13.1 Å². The molecule has 98 valence electrons. The number of hydrogen-bond acceptors (Lipinski definition) is 2. The van der Waals surface area contributed by atoms with Crippen LogP contribution in [0.5, 0.6) is 0 Å². The summed E-state index contributed by atoms with van der Waals surface area (Å²) in [5.74, 6) is 0.802. The van der Waals surface area contributed by atoms with Gasteiger partial charge in [-0.05, 0) is 18.9 Å². The molecule has 1 rings (SSSR count). The first kappa shape index (κ1) is 14.2. The van der Waals surface area contributed by atoms with E-state index < -0.39 is 0 Å². The smallest absolute Gasteiger partial charge is 0.0950 e. The van der Waals surface area contributed by atoms with Crippen molar-refractivity contribution in [3.63, 3.8) is 0 Å². The molecule has 3 heteroatoms. The van der Waals surface area contributed by atoms with Gasteiger partial charge in [-0.2, -0.15) is 0 Å². The summed E-state index contributed by atoms with van der Waals surface area (Å²) in [5, 5.41) is 3.30. The first-order chi connectivity index (χ1) is 8.30. The van der Waals surface area contributed by atoms with E-state index >= 15 is 0 Å². The van der Waals surface area contributed by atoms with Gasteiger partial charge in [0.05, 0.1) is 12.0 Å². The molecular weight excluding hydrogens is 210 g/mol. The highest BCUT2D eigenvalue weighted by molar-refractivity contribution is 4.96. The van der Waals surface area contributed by atoms with Gasteiger partial charge in [-0.15, -0.1) is 0 Å². The molecule has 0 saturated heterocycles. The van der Waals surface area contributed by atoms with Crippen molar-refractivity contribution in [1.29, 1.82) is 0 Å². The minimum Gasteiger partial charge on any atom is -0.337 e. The maximum absolute atomic E-state index is 4.42. The summed E-state index contributed by atoms with van der Waals surface area (Å²) in [4.78, 5) is 4.42. The van der Waals surface area contributed by atoms with Crippen molar-refractivity contribution >= 4 is 0 Å². The molecule has 1 N–H and O–H groups in total. The number of hydrogen-bond donors (Lipinski definition) is 1. The minimum atomic E-state index is 0.802. The van der Waals surface area contributed by atoms with Crippen molar-refractivity contribution in [3.8, 4) is 0 Å². The van der Waals surface area contributed by atoms with Crippen molar-refractivity contribution < 1.29 is 0 Å². The van der Waals surface area contributed by atoms with E-state index in [1.54, 1.807) is 0 Å². The Hall–Kier alpha value is -0.830. The van der Waals surface area contributed by atoms with E-state index in [0.29, 0.717) is 0 Å². The fraction of sp³-hybridized carbons (Fsp3) is 0.786. The van der Waals surface area contributed by atoms with Gasteiger partial charge in [0.25, 0.3) is 0 Å². The van der Waals surface area contributed by atoms with Crippen molar-refractivity contribution in [3.05, 3.63) is 18.2 Å². The zero-order valence-corrected chi connectivity index (χ0v) is 11.6. The zero-order chi connectivity index (χ0) is 12.5. The summed E-state index contributed by atoms with van der Waals surface area (Å²) in [6.45, 7) is 9.68. The molecule has 1 aromatic rings. The molecule has 0 aromatic carbocycles. The van der Waals surface area contributed by atoms with Gasteiger partial charge in [0, 0.05) is 19.3 Å². The molecule has 1 unspecified atom stereocenters. The van der Waals surface area contributed by atoms with Gasteiger partial charge in [0.1, 0.15) is 0 Å². The van der Waals surface area contributed by atoms with E-state index in [1.807, 2.05) is 6.33 Å². The summed E-state index contributed by atoms with van der Waals surface area (Å²) in [7, 11) is 0. The number of nitrogens with one attached hydrogen (secondary N) is 1. The largest absolute Gasteiger partial charge is 0.337 e. The third kappa shape index (κ3) is 5.35. The van der Waals surface area contributed by atoms with Gasteiger partial charge >= 0.3 is 0 Å². The Kier molecular flexibility index (Phi) is 6.94. The summed E-state index contributed by atoms with van der Waals surface area (Å²) in [6.07, 6.45) is 9.40. The molecule has 1 atom stereocenters. The first-order valence-corrected chi connectivity index (χ1v) is 7.01. The summed E-state index contributed by atoms with van der Waals surface area (Å²) < 4.78 is 2.25. The minimum absolute atomic E-state index is 0.802. The van der Waals surface area contributed by atoms with Gasteiger partial charge in [-0.1, -0.05) is 40.0 Å². The lowest BCUT2D eigenvalue weighted by molar-refractivity contribution is 0.390. The molecule has 0 aliphatic rings. The Morgan fingerprint density at radius 3 is 2.82 bits per heavy atom. The molecule has 0 aliphatic carbocycles. The first-order valence-electron chi connectivity index (χ1n) is 7.01. The maximum Gasteiger partial charge on any atom is 0.0950 e. The van der Waals surface area contributed by atoms with E-state index in [1.165, 1.54) is 25.7 Å². The fourth-order valence-electron chi connectivity index (χ4n) is 2.07. The average Bonchev–Trinajstić information content (AvgIpc) is 2.79. The number of imidazole rings is 1. The molecule has 0 bridgehead atoms. The number of nitrogens with zero attached hydrogens (tertiary/aromatic N) is 2. The van der Waals surface area contributed by atoms with E-state index in [-0.39, 0.29) is 0 Å². The number of rotatable bonds is 9. The molecular formula is C14H27N3. The van der Waals surface area contributed by atoms with Crippen molar-refractivity contribution in [2.75, 3.05) is 6.54 Å². The average molecular weight is 237 g/mol. The Balaban J connectivity index is 2.40. The van der Waals surface area contributed by atoms with Crippen LogP contribution in [0.4, 0.5) is 0 Å². The fourth-order valence-corrected chi connectivity index (χ4v) is 2.07. The standard InChI is InChI=1S/C14H27N3/c1-4-7-8-13(5-2)10-17-11-14(16-12-17)9-15-6-3/h11-13,15H,4-10H2,1-3H3. The van der Waals surface area contributed by atoms with Gasteiger partial charge in [0.2, 0.25) is 0 Å². The second-order valence-corrected chi connectivity index (χ2v) is 4.76. The Labute approximate surface area is 106 Å². The summed E-state index contributed by atoms with van der Waals surface area (Å²) in [6, 6.07) is 0. The molecule has 3 nitrogen and oxygen atoms in total. The highest BCUT2D eigenvalue weighted by atomic mass is 15.0. The van der Waals surface area contributed by atoms with Crippen molar-refractivity contribution in [2.45, 2.75) is 59.5 Å². The van der Waals surface area contributed by atoms with Crippen LogP contribution in [0.1, 0.15) is 52.1 Å². The van der Waals surface area contributed by atoms with E-state index in [2.05, 4.69) is 41.8 Å². The monoisotopic (exact) mass is 237 g/mol. The molecule has 0 amide bonds. The van der Waals surface area contributed by atoms with Crippen LogP contribution in [-0.4, -0.2) is 16.1 Å². The van der Waals surface area contributed by atoms with Crippen LogP contribution in [0.15, 0.2) is 12.5 Å². The van der Waals surface area contributed by atoms with E-state index in [0.717, 1.165) is 31.2 Å². The Bertz CT molecular complexity index is 293. The summed E-state index contributed by atoms with van der Waals surface area (Å²) >= 11 is 0. The van der Waals surface area contributed by atoms with Crippen LogP contribution in [0.25, 0.3) is 0 Å². The lowest BCUT2D eigenvalue weighted by Crippen LogP contribution is -2.12. The lowest BCUT2D eigenvalue weighted by Gasteiger charge is -2.14. The molecule has 17 heavy (non-hydrogen) atoms. The van der Waals surface area contributed by atoms with E-state index in [9.17, 15) is 0 Å². The highest BCUT2D eigenvalue weighted by Gasteiger charge is 2.07. The Morgan fingerprint density at radius 1 is 1.35 bits per heavy atom. The molecule has 0 saturated carbocycles. The van der Waals surface area contributed by atoms with Crippen molar-refractivity contribution in [1.82, 2.24) is 14.9 Å². The lowest BCUT2D eigenvalue weighted by atomic mass is 9.99. The Morgan fingerprint density at radius 2 is 2.18 bits per heavy atom. The predicted octanol–water partition coefficient (Wildman–Crippen LogP) is 3.21. The maximum atomic E-state index is 4.42. The normalized spacial score (nSPS) is 12.9. The topological polar surface area (TPSA) is 29.9 Å². The molecule has 0 spiro atoms. The van der Waals surface area contributed by atoms with Crippen LogP contribution in [0.3, 0.4) is 0 Å². The van der Waals surface area contributed by atoms with Crippen LogP contribution in [0, 0.1) is 5.92 Å². The third-order valence-electron chi connectivity index (χ3n) is 3.26.